The van der Waals surface area contributed by atoms with Crippen molar-refractivity contribution in [1.29, 1.82) is 0 Å². The molecule has 0 unspecified atom stereocenters. The van der Waals surface area contributed by atoms with Crippen LogP contribution in [-0.2, 0) is 6.54 Å². The standard InChI is InChI=1S/C24H28N4O/c1-2-25-24(27-18-23-22-11-7-6-8-19(22)12-15-26-23)28-16-13-21(14-17-28)29-20-9-4-3-5-10-20/h3-12,15,21H,2,13-14,16-18H2,1H3,(H,25,27). The van der Waals surface area contributed by atoms with Crippen molar-refractivity contribution in [3.8, 4) is 5.75 Å². The van der Waals surface area contributed by atoms with E-state index in [-0.39, 0.29) is 6.10 Å². The molecule has 1 aliphatic rings. The molecular weight excluding hydrogens is 360 g/mol. The van der Waals surface area contributed by atoms with Crippen LogP contribution in [0.4, 0.5) is 0 Å². The van der Waals surface area contributed by atoms with Gasteiger partial charge in [-0.15, -0.1) is 0 Å². The molecule has 29 heavy (non-hydrogen) atoms. The van der Waals surface area contributed by atoms with Crippen molar-refractivity contribution >= 4 is 16.7 Å². The molecule has 1 fully saturated rings. The molecule has 0 bridgehead atoms. The van der Waals surface area contributed by atoms with E-state index in [9.17, 15) is 0 Å². The molecule has 1 aromatic heterocycles. The number of nitrogens with zero attached hydrogens (tertiary/aromatic N) is 3. The van der Waals surface area contributed by atoms with E-state index in [0.29, 0.717) is 6.54 Å². The average Bonchev–Trinajstić information content (AvgIpc) is 2.78. The number of ether oxygens (including phenoxy) is 1. The van der Waals surface area contributed by atoms with Crippen LogP contribution in [0, 0.1) is 0 Å². The monoisotopic (exact) mass is 388 g/mol. The second-order valence-electron chi connectivity index (χ2n) is 7.27. The minimum Gasteiger partial charge on any atom is -0.490 e. The van der Waals surface area contributed by atoms with E-state index >= 15 is 0 Å². The number of rotatable bonds is 5. The van der Waals surface area contributed by atoms with E-state index in [1.165, 1.54) is 10.8 Å². The number of para-hydroxylation sites is 1. The topological polar surface area (TPSA) is 49.8 Å². The molecule has 0 amide bonds. The number of fused-ring (bicyclic) bond motifs is 1. The van der Waals surface area contributed by atoms with Crippen molar-refractivity contribution in [3.63, 3.8) is 0 Å². The summed E-state index contributed by atoms with van der Waals surface area (Å²) in [5.74, 6) is 1.91. The van der Waals surface area contributed by atoms with Crippen LogP contribution in [0.5, 0.6) is 5.75 Å². The molecule has 1 aliphatic heterocycles. The number of aromatic nitrogens is 1. The number of benzene rings is 2. The number of aliphatic imine (C=N–C) groups is 1. The van der Waals surface area contributed by atoms with Gasteiger partial charge >= 0.3 is 0 Å². The zero-order valence-corrected chi connectivity index (χ0v) is 16.9. The second kappa shape index (κ2) is 9.41. The van der Waals surface area contributed by atoms with Crippen LogP contribution < -0.4 is 10.1 Å². The fraction of sp³-hybridized carbons (Fsp3) is 0.333. The zero-order chi connectivity index (χ0) is 19.9. The van der Waals surface area contributed by atoms with E-state index in [1.54, 1.807) is 0 Å². The number of hydrogen-bond donors (Lipinski definition) is 1. The Morgan fingerprint density at radius 3 is 2.62 bits per heavy atom. The van der Waals surface area contributed by atoms with Gasteiger partial charge in [-0.3, -0.25) is 4.98 Å². The van der Waals surface area contributed by atoms with Crippen LogP contribution in [0.2, 0.25) is 0 Å². The Kier molecular flexibility index (Phi) is 6.25. The molecule has 0 aliphatic carbocycles. The Morgan fingerprint density at radius 1 is 1.07 bits per heavy atom. The van der Waals surface area contributed by atoms with Gasteiger partial charge in [0.05, 0.1) is 12.2 Å². The lowest BCUT2D eigenvalue weighted by atomic mass is 10.1. The number of piperidine rings is 1. The van der Waals surface area contributed by atoms with Crippen molar-refractivity contribution in [2.24, 2.45) is 4.99 Å². The van der Waals surface area contributed by atoms with Crippen molar-refractivity contribution in [3.05, 3.63) is 72.6 Å². The molecule has 1 saturated heterocycles. The number of guanidine groups is 1. The minimum atomic E-state index is 0.260. The molecule has 5 nitrogen and oxygen atoms in total. The first-order chi connectivity index (χ1) is 14.3. The molecule has 5 heteroatoms. The minimum absolute atomic E-state index is 0.260. The third kappa shape index (κ3) is 4.86. The highest BCUT2D eigenvalue weighted by Crippen LogP contribution is 2.20. The van der Waals surface area contributed by atoms with Gasteiger partial charge in [0.25, 0.3) is 0 Å². The van der Waals surface area contributed by atoms with Gasteiger partial charge in [0.15, 0.2) is 5.96 Å². The van der Waals surface area contributed by atoms with E-state index in [2.05, 4.69) is 46.4 Å². The molecule has 3 aromatic rings. The Labute approximate surface area is 172 Å². The normalized spacial score (nSPS) is 15.5. The summed E-state index contributed by atoms with van der Waals surface area (Å²) in [5, 5.41) is 5.82. The summed E-state index contributed by atoms with van der Waals surface area (Å²) in [6, 6.07) is 20.5. The van der Waals surface area contributed by atoms with Crippen molar-refractivity contribution < 1.29 is 4.74 Å². The molecule has 0 radical (unpaired) electrons. The highest BCUT2D eigenvalue weighted by molar-refractivity contribution is 5.85. The molecule has 0 saturated carbocycles. The maximum atomic E-state index is 6.12. The summed E-state index contributed by atoms with van der Waals surface area (Å²) in [5.41, 5.74) is 1.01. The third-order valence-electron chi connectivity index (χ3n) is 5.26. The van der Waals surface area contributed by atoms with Gasteiger partial charge in [-0.05, 0) is 30.5 Å². The summed E-state index contributed by atoms with van der Waals surface area (Å²) in [6.45, 7) is 5.40. The largest absolute Gasteiger partial charge is 0.490 e. The molecule has 2 aromatic carbocycles. The predicted octanol–water partition coefficient (Wildman–Crippen LogP) is 4.24. The van der Waals surface area contributed by atoms with Crippen LogP contribution in [0.25, 0.3) is 10.8 Å². The SMILES string of the molecule is CCNC(=NCc1nccc2ccccc12)N1CCC(Oc2ccccc2)CC1. The average molecular weight is 389 g/mol. The molecule has 150 valence electrons. The fourth-order valence-corrected chi connectivity index (χ4v) is 3.76. The van der Waals surface area contributed by atoms with Crippen molar-refractivity contribution in [1.82, 2.24) is 15.2 Å². The number of likely N-dealkylation sites (tertiary alicyclic amines) is 1. The van der Waals surface area contributed by atoms with E-state index in [1.807, 2.05) is 42.6 Å². The maximum absolute atomic E-state index is 6.12. The smallest absolute Gasteiger partial charge is 0.194 e. The summed E-state index contributed by atoms with van der Waals surface area (Å²) in [7, 11) is 0. The second-order valence-corrected chi connectivity index (χ2v) is 7.27. The Bertz CT molecular complexity index is 944. The quantitative estimate of drug-likeness (QED) is 0.525. The van der Waals surface area contributed by atoms with Crippen LogP contribution >= 0.6 is 0 Å². The van der Waals surface area contributed by atoms with E-state index < -0.39 is 0 Å². The lowest BCUT2D eigenvalue weighted by Crippen LogP contribution is -2.47. The van der Waals surface area contributed by atoms with Gasteiger partial charge < -0.3 is 15.0 Å². The summed E-state index contributed by atoms with van der Waals surface area (Å²) < 4.78 is 6.12. The third-order valence-corrected chi connectivity index (χ3v) is 5.26. The molecule has 1 N–H and O–H groups in total. The molecular formula is C24H28N4O. The van der Waals surface area contributed by atoms with Gasteiger partial charge in [0.2, 0.25) is 0 Å². The Hall–Kier alpha value is -3.08. The highest BCUT2D eigenvalue weighted by Gasteiger charge is 2.22. The lowest BCUT2D eigenvalue weighted by Gasteiger charge is -2.34. The zero-order valence-electron chi connectivity index (χ0n) is 16.9. The van der Waals surface area contributed by atoms with Crippen LogP contribution in [-0.4, -0.2) is 41.6 Å². The first-order valence-corrected chi connectivity index (χ1v) is 10.4. The lowest BCUT2D eigenvalue weighted by molar-refractivity contribution is 0.129. The Balaban J connectivity index is 1.41. The van der Waals surface area contributed by atoms with Crippen LogP contribution in [0.1, 0.15) is 25.5 Å². The highest BCUT2D eigenvalue weighted by atomic mass is 16.5. The van der Waals surface area contributed by atoms with E-state index in [4.69, 9.17) is 9.73 Å². The van der Waals surface area contributed by atoms with Gasteiger partial charge in [-0.25, -0.2) is 4.99 Å². The predicted molar refractivity (Wildman–Crippen MR) is 118 cm³/mol. The first-order valence-electron chi connectivity index (χ1n) is 10.4. The van der Waals surface area contributed by atoms with Crippen molar-refractivity contribution in [2.75, 3.05) is 19.6 Å². The van der Waals surface area contributed by atoms with Crippen LogP contribution in [0.3, 0.4) is 0 Å². The number of pyridine rings is 1. The van der Waals surface area contributed by atoms with Gasteiger partial charge in [0.1, 0.15) is 11.9 Å². The fourth-order valence-electron chi connectivity index (χ4n) is 3.76. The summed E-state index contributed by atoms with van der Waals surface area (Å²) in [6.07, 6.45) is 4.11. The molecule has 4 rings (SSSR count). The maximum Gasteiger partial charge on any atom is 0.194 e. The molecule has 2 heterocycles. The summed E-state index contributed by atoms with van der Waals surface area (Å²) in [4.78, 5) is 11.8. The summed E-state index contributed by atoms with van der Waals surface area (Å²) >= 11 is 0. The van der Waals surface area contributed by atoms with Gasteiger partial charge in [0, 0.05) is 44.1 Å². The van der Waals surface area contributed by atoms with E-state index in [0.717, 1.165) is 49.9 Å². The first kappa shape index (κ1) is 19.2. The van der Waals surface area contributed by atoms with Gasteiger partial charge in [-0.2, -0.15) is 0 Å². The number of nitrogens with one attached hydrogen (secondary N) is 1. The molecule has 0 atom stereocenters. The number of hydrogen-bond acceptors (Lipinski definition) is 3. The molecule has 0 spiro atoms. The van der Waals surface area contributed by atoms with Gasteiger partial charge in [-0.1, -0.05) is 42.5 Å². The van der Waals surface area contributed by atoms with Crippen LogP contribution in [0.15, 0.2) is 71.9 Å². The van der Waals surface area contributed by atoms with Crippen molar-refractivity contribution in [2.45, 2.75) is 32.4 Å². The Morgan fingerprint density at radius 2 is 1.83 bits per heavy atom.